The molecule has 1 aliphatic rings. The van der Waals surface area contributed by atoms with Gasteiger partial charge in [0.05, 0.1) is 6.54 Å². The van der Waals surface area contributed by atoms with E-state index >= 15 is 0 Å². The van der Waals surface area contributed by atoms with Gasteiger partial charge in [-0.2, -0.15) is 0 Å². The summed E-state index contributed by atoms with van der Waals surface area (Å²) in [6, 6.07) is 7.57. The number of amides is 1. The van der Waals surface area contributed by atoms with Crippen LogP contribution in [0.15, 0.2) is 28.7 Å². The topological polar surface area (TPSA) is 70.1 Å². The second-order valence-electron chi connectivity index (χ2n) is 6.02. The number of likely N-dealkylation sites (N-methyl/N-ethyl adjacent to an activating group) is 1. The lowest BCUT2D eigenvalue weighted by Gasteiger charge is -2.25. The Kier molecular flexibility index (Phi) is 7.05. The molecule has 1 atom stereocenters. The zero-order valence-corrected chi connectivity index (χ0v) is 15.4. The van der Waals surface area contributed by atoms with E-state index in [-0.39, 0.29) is 25.1 Å². The van der Waals surface area contributed by atoms with Crippen molar-refractivity contribution in [3.63, 3.8) is 0 Å². The molecule has 0 bridgehead atoms. The molecule has 24 heavy (non-hydrogen) atoms. The van der Waals surface area contributed by atoms with Crippen molar-refractivity contribution >= 4 is 27.8 Å². The zero-order chi connectivity index (χ0) is 17.5. The van der Waals surface area contributed by atoms with Crippen molar-refractivity contribution in [1.29, 1.82) is 0 Å². The SMILES string of the molecule is CN(CC(=O)O)C1CCCN(C(=O)COc2ccc(Br)cc2)CC1. The summed E-state index contributed by atoms with van der Waals surface area (Å²) in [4.78, 5) is 26.8. The van der Waals surface area contributed by atoms with E-state index < -0.39 is 5.97 Å². The highest BCUT2D eigenvalue weighted by molar-refractivity contribution is 9.10. The van der Waals surface area contributed by atoms with Crippen molar-refractivity contribution < 1.29 is 19.4 Å². The molecule has 1 aliphatic heterocycles. The number of benzene rings is 1. The molecule has 0 spiro atoms. The van der Waals surface area contributed by atoms with Gasteiger partial charge in [0.1, 0.15) is 5.75 Å². The van der Waals surface area contributed by atoms with E-state index in [4.69, 9.17) is 9.84 Å². The summed E-state index contributed by atoms with van der Waals surface area (Å²) < 4.78 is 6.51. The molecule has 1 unspecified atom stereocenters. The maximum absolute atomic E-state index is 12.3. The van der Waals surface area contributed by atoms with Crippen LogP contribution in [0.5, 0.6) is 5.75 Å². The summed E-state index contributed by atoms with van der Waals surface area (Å²) >= 11 is 3.36. The first-order chi connectivity index (χ1) is 11.5. The highest BCUT2D eigenvalue weighted by Gasteiger charge is 2.24. The van der Waals surface area contributed by atoms with Gasteiger partial charge in [0, 0.05) is 23.6 Å². The van der Waals surface area contributed by atoms with Crippen LogP contribution < -0.4 is 4.74 Å². The number of aliphatic carboxylic acids is 1. The Morgan fingerprint density at radius 2 is 2.00 bits per heavy atom. The number of halogens is 1. The molecule has 1 aromatic rings. The van der Waals surface area contributed by atoms with Gasteiger partial charge >= 0.3 is 5.97 Å². The summed E-state index contributed by atoms with van der Waals surface area (Å²) in [5.41, 5.74) is 0. The van der Waals surface area contributed by atoms with Crippen LogP contribution in [-0.4, -0.2) is 66.1 Å². The monoisotopic (exact) mass is 398 g/mol. The number of carbonyl (C=O) groups is 2. The smallest absolute Gasteiger partial charge is 0.317 e. The largest absolute Gasteiger partial charge is 0.484 e. The first-order valence-electron chi connectivity index (χ1n) is 8.04. The average Bonchev–Trinajstić information content (AvgIpc) is 2.79. The molecule has 0 aliphatic carbocycles. The summed E-state index contributed by atoms with van der Waals surface area (Å²) in [6.45, 7) is 1.39. The van der Waals surface area contributed by atoms with Crippen molar-refractivity contribution in [2.45, 2.75) is 25.3 Å². The Bertz CT molecular complexity index is 564. The van der Waals surface area contributed by atoms with Gasteiger partial charge < -0.3 is 14.7 Å². The number of rotatable bonds is 6. The fourth-order valence-corrected chi connectivity index (χ4v) is 3.14. The average molecular weight is 399 g/mol. The highest BCUT2D eigenvalue weighted by Crippen LogP contribution is 2.18. The number of likely N-dealkylation sites (tertiary alicyclic amines) is 1. The second kappa shape index (κ2) is 9.03. The van der Waals surface area contributed by atoms with E-state index in [1.165, 1.54) is 0 Å². The van der Waals surface area contributed by atoms with E-state index in [2.05, 4.69) is 15.9 Å². The molecule has 1 aromatic carbocycles. The lowest BCUT2D eigenvalue weighted by Crippen LogP contribution is -2.38. The number of carbonyl (C=O) groups excluding carboxylic acids is 1. The first kappa shape index (κ1) is 18.7. The van der Waals surface area contributed by atoms with E-state index in [0.29, 0.717) is 18.8 Å². The molecule has 1 fully saturated rings. The van der Waals surface area contributed by atoms with Crippen molar-refractivity contribution in [3.8, 4) is 5.75 Å². The van der Waals surface area contributed by atoms with Gasteiger partial charge in [-0.15, -0.1) is 0 Å². The molecule has 1 N–H and O–H groups in total. The number of nitrogens with zero attached hydrogens (tertiary/aromatic N) is 2. The fraction of sp³-hybridized carbons (Fsp3) is 0.529. The summed E-state index contributed by atoms with van der Waals surface area (Å²) in [5.74, 6) is -0.183. The Hall–Kier alpha value is -1.60. The fourth-order valence-electron chi connectivity index (χ4n) is 2.88. The summed E-state index contributed by atoms with van der Waals surface area (Å²) in [5, 5.41) is 8.89. The van der Waals surface area contributed by atoms with Crippen LogP contribution in [0.2, 0.25) is 0 Å². The van der Waals surface area contributed by atoms with E-state index in [1.54, 1.807) is 0 Å². The summed E-state index contributed by atoms with van der Waals surface area (Å²) in [6.07, 6.45) is 2.56. The zero-order valence-electron chi connectivity index (χ0n) is 13.8. The van der Waals surface area contributed by atoms with Gasteiger partial charge in [-0.05, 0) is 50.6 Å². The van der Waals surface area contributed by atoms with E-state index in [0.717, 1.165) is 23.7 Å². The van der Waals surface area contributed by atoms with E-state index in [9.17, 15) is 9.59 Å². The van der Waals surface area contributed by atoms with Crippen LogP contribution in [0.1, 0.15) is 19.3 Å². The number of carboxylic acid groups (broad SMARTS) is 1. The van der Waals surface area contributed by atoms with Gasteiger partial charge in [-0.3, -0.25) is 14.5 Å². The molecule has 1 heterocycles. The van der Waals surface area contributed by atoms with Crippen LogP contribution in [0.25, 0.3) is 0 Å². The number of ether oxygens (including phenoxy) is 1. The molecule has 0 radical (unpaired) electrons. The van der Waals surface area contributed by atoms with Crippen molar-refractivity contribution in [2.75, 3.05) is 33.3 Å². The van der Waals surface area contributed by atoms with Gasteiger partial charge in [-0.25, -0.2) is 0 Å². The molecule has 6 nitrogen and oxygen atoms in total. The molecule has 7 heteroatoms. The standard InChI is InChI=1S/C17H23BrN2O4/c1-19(11-17(22)23)14-3-2-9-20(10-8-14)16(21)12-24-15-6-4-13(18)5-7-15/h4-7,14H,2-3,8-12H2,1H3,(H,22,23). The van der Waals surface area contributed by atoms with Gasteiger partial charge in [0.15, 0.2) is 6.61 Å². The summed E-state index contributed by atoms with van der Waals surface area (Å²) in [7, 11) is 1.83. The van der Waals surface area contributed by atoms with Crippen molar-refractivity contribution in [1.82, 2.24) is 9.80 Å². The van der Waals surface area contributed by atoms with Crippen LogP contribution in [0, 0.1) is 0 Å². The molecule has 0 saturated carbocycles. The third-order valence-corrected chi connectivity index (χ3v) is 4.76. The van der Waals surface area contributed by atoms with Crippen LogP contribution >= 0.6 is 15.9 Å². The minimum Gasteiger partial charge on any atom is -0.484 e. The quantitative estimate of drug-likeness (QED) is 0.795. The molecular weight excluding hydrogens is 376 g/mol. The van der Waals surface area contributed by atoms with E-state index in [1.807, 2.05) is 41.1 Å². The third-order valence-electron chi connectivity index (χ3n) is 4.23. The molecule has 2 rings (SSSR count). The lowest BCUT2D eigenvalue weighted by molar-refractivity contribution is -0.138. The van der Waals surface area contributed by atoms with Crippen LogP contribution in [0.4, 0.5) is 0 Å². The number of hydrogen-bond donors (Lipinski definition) is 1. The minimum absolute atomic E-state index is 0.0251. The Morgan fingerprint density at radius 1 is 1.29 bits per heavy atom. The lowest BCUT2D eigenvalue weighted by atomic mass is 10.1. The number of carboxylic acids is 1. The maximum atomic E-state index is 12.3. The molecule has 132 valence electrons. The predicted molar refractivity (Wildman–Crippen MR) is 94.1 cm³/mol. The van der Waals surface area contributed by atoms with Crippen LogP contribution in [0.3, 0.4) is 0 Å². The minimum atomic E-state index is -0.822. The molecule has 1 amide bonds. The van der Waals surface area contributed by atoms with Crippen molar-refractivity contribution in [3.05, 3.63) is 28.7 Å². The highest BCUT2D eigenvalue weighted by atomic mass is 79.9. The third kappa shape index (κ3) is 5.79. The van der Waals surface area contributed by atoms with Crippen molar-refractivity contribution in [2.24, 2.45) is 0 Å². The number of hydrogen-bond acceptors (Lipinski definition) is 4. The Labute approximate surface area is 150 Å². The maximum Gasteiger partial charge on any atom is 0.317 e. The first-order valence-corrected chi connectivity index (χ1v) is 8.83. The van der Waals surface area contributed by atoms with Gasteiger partial charge in [-0.1, -0.05) is 15.9 Å². The second-order valence-corrected chi connectivity index (χ2v) is 6.93. The molecule has 0 aromatic heterocycles. The normalized spacial score (nSPS) is 18.3. The van der Waals surface area contributed by atoms with Gasteiger partial charge in [0.25, 0.3) is 5.91 Å². The van der Waals surface area contributed by atoms with Gasteiger partial charge in [0.2, 0.25) is 0 Å². The van der Waals surface area contributed by atoms with Crippen LogP contribution in [-0.2, 0) is 9.59 Å². The Morgan fingerprint density at radius 3 is 2.67 bits per heavy atom. The Balaban J connectivity index is 1.81. The predicted octanol–water partition coefficient (Wildman–Crippen LogP) is 2.23. The molecule has 1 saturated heterocycles. The molecular formula is C17H23BrN2O4.